The molecule has 0 fully saturated rings. The predicted molar refractivity (Wildman–Crippen MR) is 123 cm³/mol. The molecule has 2 aromatic rings. The zero-order chi connectivity index (χ0) is 25.2. The minimum absolute atomic E-state index is 0.176. The van der Waals surface area contributed by atoms with E-state index in [0.717, 1.165) is 12.1 Å². The van der Waals surface area contributed by atoms with Crippen molar-refractivity contribution in [3.8, 4) is 0 Å². The number of hydrogen-bond acceptors (Lipinski definition) is 6. The first kappa shape index (κ1) is 27.8. The van der Waals surface area contributed by atoms with Gasteiger partial charge >= 0.3 is 11.9 Å². The number of benzene rings is 2. The van der Waals surface area contributed by atoms with Gasteiger partial charge < -0.3 is 15.5 Å². The largest absolute Gasteiger partial charge is 0.473 e. The number of amides is 1. The number of carboxylic acids is 2. The predicted octanol–water partition coefficient (Wildman–Crippen LogP) is 1.86. The summed E-state index contributed by atoms with van der Waals surface area (Å²) in [4.78, 5) is 32.9. The van der Waals surface area contributed by atoms with E-state index < -0.39 is 22.0 Å². The third-order valence-corrected chi connectivity index (χ3v) is 6.43. The van der Waals surface area contributed by atoms with Crippen molar-refractivity contribution >= 4 is 33.6 Å². The molecule has 0 aliphatic heterocycles. The van der Waals surface area contributed by atoms with Crippen LogP contribution >= 0.6 is 0 Å². The lowest BCUT2D eigenvalue weighted by molar-refractivity contribution is -0.159. The summed E-state index contributed by atoms with van der Waals surface area (Å²) in [5, 5.41) is 17.6. The Morgan fingerprint density at radius 2 is 1.55 bits per heavy atom. The monoisotopic (exact) mass is 479 g/mol. The summed E-state index contributed by atoms with van der Waals surface area (Å²) in [6.07, 6.45) is 0. The molecule has 2 aromatic carbocycles. The van der Waals surface area contributed by atoms with Gasteiger partial charge in [-0.1, -0.05) is 43.3 Å². The van der Waals surface area contributed by atoms with Crippen LogP contribution in [0.2, 0.25) is 0 Å². The molecule has 11 heteroatoms. The molecule has 0 radical (unpaired) electrons. The molecule has 0 saturated carbocycles. The van der Waals surface area contributed by atoms with Crippen LogP contribution in [0.15, 0.2) is 53.4 Å². The molecular weight excluding hydrogens is 450 g/mol. The van der Waals surface area contributed by atoms with Gasteiger partial charge in [-0.05, 0) is 36.7 Å². The van der Waals surface area contributed by atoms with Crippen molar-refractivity contribution in [2.75, 3.05) is 32.5 Å². The van der Waals surface area contributed by atoms with Crippen molar-refractivity contribution in [2.45, 2.75) is 25.3 Å². The first-order valence-corrected chi connectivity index (χ1v) is 11.4. The van der Waals surface area contributed by atoms with Gasteiger partial charge in [0.25, 0.3) is 0 Å². The third-order valence-electron chi connectivity index (χ3n) is 4.48. The number of rotatable bonds is 8. The highest BCUT2D eigenvalue weighted by atomic mass is 32.2. The van der Waals surface area contributed by atoms with E-state index in [0.29, 0.717) is 17.8 Å². The second-order valence-corrected chi connectivity index (χ2v) is 9.34. The Bertz CT molecular complexity index is 1060. The Balaban J connectivity index is 0.000000801. The smallest absolute Gasteiger partial charge is 0.414 e. The van der Waals surface area contributed by atoms with Crippen molar-refractivity contribution in [1.82, 2.24) is 9.21 Å². The lowest BCUT2D eigenvalue weighted by Crippen LogP contribution is -2.32. The Morgan fingerprint density at radius 1 is 0.970 bits per heavy atom. The number of carboxylic acid groups (broad SMARTS) is 2. The van der Waals surface area contributed by atoms with Gasteiger partial charge in [-0.15, -0.1) is 0 Å². The highest BCUT2D eigenvalue weighted by Crippen LogP contribution is 2.22. The van der Waals surface area contributed by atoms with Gasteiger partial charge in [0, 0.05) is 26.3 Å². The molecule has 10 nitrogen and oxygen atoms in total. The van der Waals surface area contributed by atoms with Gasteiger partial charge in [-0.3, -0.25) is 9.69 Å². The zero-order valence-electron chi connectivity index (χ0n) is 19.0. The van der Waals surface area contributed by atoms with Crippen molar-refractivity contribution in [3.05, 3.63) is 59.7 Å². The topological polar surface area (TPSA) is 144 Å². The quantitative estimate of drug-likeness (QED) is 0.487. The number of carbonyl (C=O) groups excluding carboxylic acids is 1. The van der Waals surface area contributed by atoms with Crippen LogP contribution in [0.3, 0.4) is 0 Å². The minimum atomic E-state index is -3.56. The second kappa shape index (κ2) is 12.7. The van der Waals surface area contributed by atoms with E-state index in [-0.39, 0.29) is 17.3 Å². The molecule has 180 valence electrons. The molecule has 1 amide bonds. The average Bonchev–Trinajstić information content (AvgIpc) is 2.75. The Kier molecular flexibility index (Phi) is 10.7. The van der Waals surface area contributed by atoms with Gasteiger partial charge in [0.05, 0.1) is 11.4 Å². The van der Waals surface area contributed by atoms with Crippen LogP contribution in [-0.4, -0.2) is 72.9 Å². The number of nitrogens with zero attached hydrogens (tertiary/aromatic N) is 2. The lowest BCUT2D eigenvalue weighted by Gasteiger charge is -2.20. The summed E-state index contributed by atoms with van der Waals surface area (Å²) in [5.74, 6) is -3.82. The summed E-state index contributed by atoms with van der Waals surface area (Å²) in [7, 11) is -0.585. The highest BCUT2D eigenvalue weighted by molar-refractivity contribution is 7.89. The number of aryl methyl sites for hydroxylation is 1. The maximum Gasteiger partial charge on any atom is 0.414 e. The van der Waals surface area contributed by atoms with E-state index in [4.69, 9.17) is 19.8 Å². The normalized spacial score (nSPS) is 11.0. The third kappa shape index (κ3) is 9.00. The number of hydrogen-bond donors (Lipinski definition) is 3. The lowest BCUT2D eigenvalue weighted by atomic mass is 10.2. The standard InChI is InChI=1S/C20H27N3O3S.C2H2O4/c1-5-23(14-17-9-7-6-8-10-17)15-20(24)21-18-12-11-16(2)19(13-18)27(25,26)22(3)4;3-1(4)2(5)6/h6-13H,5,14-15H2,1-4H3,(H,21,24);(H,3,4)(H,5,6). The van der Waals surface area contributed by atoms with Gasteiger partial charge in [0.1, 0.15) is 0 Å². The van der Waals surface area contributed by atoms with Crippen molar-refractivity contribution < 1.29 is 33.0 Å². The second-order valence-electron chi connectivity index (χ2n) is 7.22. The number of anilines is 1. The average molecular weight is 480 g/mol. The zero-order valence-corrected chi connectivity index (χ0v) is 19.8. The van der Waals surface area contributed by atoms with Crippen LogP contribution in [0.25, 0.3) is 0 Å². The van der Waals surface area contributed by atoms with Crippen LogP contribution < -0.4 is 5.32 Å². The highest BCUT2D eigenvalue weighted by Gasteiger charge is 2.20. The van der Waals surface area contributed by atoms with Crippen molar-refractivity contribution in [3.63, 3.8) is 0 Å². The van der Waals surface area contributed by atoms with E-state index in [1.165, 1.54) is 24.5 Å². The van der Waals surface area contributed by atoms with Crippen molar-refractivity contribution in [1.29, 1.82) is 0 Å². The summed E-state index contributed by atoms with van der Waals surface area (Å²) < 4.78 is 26.0. The summed E-state index contributed by atoms with van der Waals surface area (Å²) in [6, 6.07) is 14.9. The number of likely N-dealkylation sites (N-methyl/N-ethyl adjacent to an activating group) is 1. The Hall–Kier alpha value is -3.28. The molecule has 0 saturated heterocycles. The van der Waals surface area contributed by atoms with Gasteiger partial charge in [0.2, 0.25) is 15.9 Å². The van der Waals surface area contributed by atoms with Crippen LogP contribution in [-0.2, 0) is 31.0 Å². The van der Waals surface area contributed by atoms with Crippen LogP contribution in [0.1, 0.15) is 18.1 Å². The molecule has 0 aromatic heterocycles. The van der Waals surface area contributed by atoms with Crippen molar-refractivity contribution in [2.24, 2.45) is 0 Å². The molecule has 33 heavy (non-hydrogen) atoms. The summed E-state index contributed by atoms with van der Waals surface area (Å²) >= 11 is 0. The molecule has 0 unspecified atom stereocenters. The fourth-order valence-corrected chi connectivity index (χ4v) is 3.82. The first-order valence-electron chi connectivity index (χ1n) is 9.94. The molecule has 0 heterocycles. The van der Waals surface area contributed by atoms with Gasteiger partial charge in [-0.25, -0.2) is 22.3 Å². The van der Waals surface area contributed by atoms with Crippen LogP contribution in [0, 0.1) is 6.92 Å². The molecule has 0 aliphatic rings. The van der Waals surface area contributed by atoms with E-state index in [1.54, 1.807) is 19.1 Å². The molecule has 2 rings (SSSR count). The number of aliphatic carboxylic acids is 2. The SMILES string of the molecule is CCN(CC(=O)Nc1ccc(C)c(S(=O)(=O)N(C)C)c1)Cc1ccccc1.O=C(O)C(=O)O. The molecular formula is C22H29N3O7S. The molecule has 0 bridgehead atoms. The maximum atomic E-state index is 12.4. The molecule has 0 spiro atoms. The van der Waals surface area contributed by atoms with Crippen LogP contribution in [0.4, 0.5) is 5.69 Å². The van der Waals surface area contributed by atoms with Gasteiger partial charge in [0.15, 0.2) is 0 Å². The fraction of sp³-hybridized carbons (Fsp3) is 0.318. The Labute approximate surface area is 193 Å². The number of nitrogens with one attached hydrogen (secondary N) is 1. The van der Waals surface area contributed by atoms with Crippen LogP contribution in [0.5, 0.6) is 0 Å². The number of carbonyl (C=O) groups is 3. The van der Waals surface area contributed by atoms with E-state index >= 15 is 0 Å². The van der Waals surface area contributed by atoms with E-state index in [1.807, 2.05) is 42.2 Å². The molecule has 0 atom stereocenters. The van der Waals surface area contributed by atoms with E-state index in [9.17, 15) is 13.2 Å². The number of sulfonamides is 1. The minimum Gasteiger partial charge on any atom is -0.473 e. The van der Waals surface area contributed by atoms with Gasteiger partial charge in [-0.2, -0.15) is 0 Å². The molecule has 0 aliphatic carbocycles. The van der Waals surface area contributed by atoms with E-state index in [2.05, 4.69) is 5.32 Å². The Morgan fingerprint density at radius 3 is 2.03 bits per heavy atom. The summed E-state index contributed by atoms with van der Waals surface area (Å²) in [6.45, 7) is 5.38. The molecule has 3 N–H and O–H groups in total. The maximum absolute atomic E-state index is 12.4. The first-order chi connectivity index (χ1) is 15.4. The fourth-order valence-electron chi connectivity index (χ4n) is 2.68. The summed E-state index contributed by atoms with van der Waals surface area (Å²) in [5.41, 5.74) is 2.25.